The van der Waals surface area contributed by atoms with Crippen molar-refractivity contribution in [2.45, 2.75) is 24.4 Å². The van der Waals surface area contributed by atoms with Crippen LogP contribution < -0.4 is 24.2 Å². The molecule has 0 spiro atoms. The minimum absolute atomic E-state index is 0.0497. The van der Waals surface area contributed by atoms with Crippen LogP contribution in [0.5, 0.6) is 17.2 Å². The zero-order valence-electron chi connectivity index (χ0n) is 16.5. The summed E-state index contributed by atoms with van der Waals surface area (Å²) in [6, 6.07) is 7.05. The van der Waals surface area contributed by atoms with Crippen molar-refractivity contribution >= 4 is 15.9 Å². The molecule has 158 valence electrons. The van der Waals surface area contributed by atoms with Crippen molar-refractivity contribution in [3.05, 3.63) is 47.8 Å². The van der Waals surface area contributed by atoms with E-state index in [2.05, 4.69) is 10.0 Å². The van der Waals surface area contributed by atoms with Gasteiger partial charge in [0.05, 0.1) is 27.4 Å². The van der Waals surface area contributed by atoms with Crippen LogP contribution in [-0.2, 0) is 21.4 Å². The number of ether oxygens (including phenoxy) is 3. The number of methoxy groups -OCH3 is 3. The number of sulfonamides is 1. The van der Waals surface area contributed by atoms with Crippen molar-refractivity contribution in [1.29, 1.82) is 0 Å². The number of carbonyl (C=O) groups excluding carboxylic acids is 1. The third-order valence-corrected chi connectivity index (χ3v) is 5.67. The number of benzene rings is 2. The smallest absolute Gasteiger partial charge is 0.244 e. The molecule has 0 saturated carbocycles. The molecular formula is C19H23FN2O6S. The summed E-state index contributed by atoms with van der Waals surface area (Å²) in [5.41, 5.74) is 0.600. The van der Waals surface area contributed by atoms with Gasteiger partial charge in [-0.1, -0.05) is 12.1 Å². The van der Waals surface area contributed by atoms with Gasteiger partial charge in [-0.3, -0.25) is 4.79 Å². The topological polar surface area (TPSA) is 103 Å². The lowest BCUT2D eigenvalue weighted by Gasteiger charge is -2.17. The maximum atomic E-state index is 13.8. The number of rotatable bonds is 9. The van der Waals surface area contributed by atoms with Gasteiger partial charge in [-0.25, -0.2) is 12.8 Å². The molecule has 0 unspecified atom stereocenters. The molecule has 2 aromatic carbocycles. The van der Waals surface area contributed by atoms with Crippen molar-refractivity contribution < 1.29 is 31.8 Å². The van der Waals surface area contributed by atoms with Crippen LogP contribution in [0, 0.1) is 5.82 Å². The third kappa shape index (κ3) is 5.36. The van der Waals surface area contributed by atoms with Gasteiger partial charge in [0.1, 0.15) is 16.5 Å². The summed E-state index contributed by atoms with van der Waals surface area (Å²) in [6.07, 6.45) is 0. The number of amides is 1. The van der Waals surface area contributed by atoms with Gasteiger partial charge >= 0.3 is 0 Å². The fourth-order valence-electron chi connectivity index (χ4n) is 2.58. The molecule has 10 heteroatoms. The number of hydrogen-bond acceptors (Lipinski definition) is 6. The first kappa shape index (κ1) is 22.4. The lowest BCUT2D eigenvalue weighted by atomic mass is 10.1. The lowest BCUT2D eigenvalue weighted by Crippen LogP contribution is -2.44. The number of hydrogen-bond donors (Lipinski definition) is 2. The van der Waals surface area contributed by atoms with E-state index in [1.807, 2.05) is 0 Å². The molecule has 0 aromatic heterocycles. The molecule has 1 amide bonds. The van der Waals surface area contributed by atoms with Crippen LogP contribution in [0.2, 0.25) is 0 Å². The highest BCUT2D eigenvalue weighted by atomic mass is 32.2. The molecule has 0 aliphatic rings. The zero-order valence-corrected chi connectivity index (χ0v) is 17.3. The van der Waals surface area contributed by atoms with Crippen LogP contribution >= 0.6 is 0 Å². The molecule has 0 radical (unpaired) electrons. The molecule has 2 aromatic rings. The largest absolute Gasteiger partial charge is 0.496 e. The maximum absolute atomic E-state index is 13.8. The Hall–Kier alpha value is -2.85. The van der Waals surface area contributed by atoms with Crippen LogP contribution in [0.4, 0.5) is 4.39 Å². The highest BCUT2D eigenvalue weighted by Gasteiger charge is 2.24. The maximum Gasteiger partial charge on any atom is 0.244 e. The van der Waals surface area contributed by atoms with Crippen molar-refractivity contribution in [3.8, 4) is 17.2 Å². The standard InChI is InChI=1S/C19H23FN2O6S/c1-12(22-29(24,25)18-8-6-5-7-14(18)20)19(23)21-11-13-9-16(27-3)17(28-4)10-15(13)26-2/h5-10,12,22H,11H2,1-4H3,(H,21,23)/t12-/m0/s1. The molecule has 0 fully saturated rings. The van der Waals surface area contributed by atoms with E-state index in [0.717, 1.165) is 12.1 Å². The van der Waals surface area contributed by atoms with Crippen LogP contribution in [-0.4, -0.2) is 41.7 Å². The molecular weight excluding hydrogens is 403 g/mol. The van der Waals surface area contributed by atoms with E-state index in [0.29, 0.717) is 22.8 Å². The molecule has 2 N–H and O–H groups in total. The molecule has 0 bridgehead atoms. The Morgan fingerprint density at radius 3 is 2.21 bits per heavy atom. The Labute approximate surface area is 169 Å². The van der Waals surface area contributed by atoms with Crippen LogP contribution in [0.1, 0.15) is 12.5 Å². The second-order valence-corrected chi connectivity index (χ2v) is 7.69. The molecule has 8 nitrogen and oxygen atoms in total. The summed E-state index contributed by atoms with van der Waals surface area (Å²) in [7, 11) is 0.239. The minimum atomic E-state index is -4.20. The van der Waals surface area contributed by atoms with E-state index in [1.54, 1.807) is 12.1 Å². The predicted molar refractivity (Wildman–Crippen MR) is 104 cm³/mol. The Morgan fingerprint density at radius 2 is 1.62 bits per heavy atom. The Morgan fingerprint density at radius 1 is 1.03 bits per heavy atom. The Balaban J connectivity index is 2.10. The molecule has 0 heterocycles. The monoisotopic (exact) mass is 426 g/mol. The quantitative estimate of drug-likeness (QED) is 0.634. The first-order chi connectivity index (χ1) is 13.7. The van der Waals surface area contributed by atoms with Gasteiger partial charge in [-0.05, 0) is 25.1 Å². The van der Waals surface area contributed by atoms with Crippen LogP contribution in [0.15, 0.2) is 41.3 Å². The summed E-state index contributed by atoms with van der Waals surface area (Å²) in [5.74, 6) is -0.122. The van der Waals surface area contributed by atoms with Gasteiger partial charge < -0.3 is 19.5 Å². The van der Waals surface area contributed by atoms with Gasteiger partial charge in [-0.2, -0.15) is 4.72 Å². The summed E-state index contributed by atoms with van der Waals surface area (Å²) in [4.78, 5) is 11.8. The van der Waals surface area contributed by atoms with Crippen molar-refractivity contribution in [2.24, 2.45) is 0 Å². The average Bonchev–Trinajstić information content (AvgIpc) is 2.70. The molecule has 1 atom stereocenters. The minimum Gasteiger partial charge on any atom is -0.496 e. The fraction of sp³-hybridized carbons (Fsp3) is 0.316. The molecule has 2 rings (SSSR count). The second kappa shape index (κ2) is 9.57. The van der Waals surface area contributed by atoms with E-state index in [-0.39, 0.29) is 6.54 Å². The van der Waals surface area contributed by atoms with Crippen LogP contribution in [0.3, 0.4) is 0 Å². The van der Waals surface area contributed by atoms with Crippen molar-refractivity contribution in [3.63, 3.8) is 0 Å². The van der Waals surface area contributed by atoms with E-state index >= 15 is 0 Å². The summed E-state index contributed by atoms with van der Waals surface area (Å²) < 4.78 is 56.3. The summed E-state index contributed by atoms with van der Waals surface area (Å²) in [5, 5.41) is 2.61. The van der Waals surface area contributed by atoms with E-state index in [1.165, 1.54) is 40.4 Å². The second-order valence-electron chi connectivity index (χ2n) is 6.01. The fourth-order valence-corrected chi connectivity index (χ4v) is 3.86. The van der Waals surface area contributed by atoms with Gasteiger partial charge in [0, 0.05) is 18.2 Å². The number of carbonyl (C=O) groups is 1. The molecule has 29 heavy (non-hydrogen) atoms. The Kier molecular flexibility index (Phi) is 7.40. The summed E-state index contributed by atoms with van der Waals surface area (Å²) in [6.45, 7) is 1.41. The molecule has 0 aliphatic carbocycles. The van der Waals surface area contributed by atoms with Gasteiger partial charge in [-0.15, -0.1) is 0 Å². The number of nitrogens with one attached hydrogen (secondary N) is 2. The highest BCUT2D eigenvalue weighted by Crippen LogP contribution is 2.34. The molecule has 0 aliphatic heterocycles. The van der Waals surface area contributed by atoms with E-state index < -0.39 is 32.7 Å². The molecule has 0 saturated heterocycles. The summed E-state index contributed by atoms with van der Waals surface area (Å²) >= 11 is 0. The Bertz CT molecular complexity index is 981. The normalized spacial score (nSPS) is 12.2. The lowest BCUT2D eigenvalue weighted by molar-refractivity contribution is -0.122. The highest BCUT2D eigenvalue weighted by molar-refractivity contribution is 7.89. The first-order valence-corrected chi connectivity index (χ1v) is 10.0. The third-order valence-electron chi connectivity index (χ3n) is 4.09. The van der Waals surface area contributed by atoms with Crippen LogP contribution in [0.25, 0.3) is 0 Å². The first-order valence-electron chi connectivity index (χ1n) is 8.57. The van der Waals surface area contributed by atoms with Gasteiger partial charge in [0.15, 0.2) is 11.5 Å². The van der Waals surface area contributed by atoms with E-state index in [9.17, 15) is 17.6 Å². The van der Waals surface area contributed by atoms with Crippen molar-refractivity contribution in [1.82, 2.24) is 10.0 Å². The zero-order chi connectivity index (χ0) is 21.6. The SMILES string of the molecule is COc1cc(OC)c(OC)cc1CNC(=O)[C@H](C)NS(=O)(=O)c1ccccc1F. The average molecular weight is 426 g/mol. The van der Waals surface area contributed by atoms with Gasteiger partial charge in [0.2, 0.25) is 15.9 Å². The van der Waals surface area contributed by atoms with Gasteiger partial charge in [0.25, 0.3) is 0 Å². The predicted octanol–water partition coefficient (Wildman–Crippen LogP) is 1.83. The van der Waals surface area contributed by atoms with E-state index in [4.69, 9.17) is 14.2 Å². The van der Waals surface area contributed by atoms with Crippen molar-refractivity contribution in [2.75, 3.05) is 21.3 Å². The number of halogens is 1.